The van der Waals surface area contributed by atoms with Gasteiger partial charge in [0.15, 0.2) is 0 Å². The summed E-state index contributed by atoms with van der Waals surface area (Å²) in [7, 11) is -0.900. The smallest absolute Gasteiger partial charge is 0.139 e. The molecule has 0 saturated carbocycles. The maximum Gasteiger partial charge on any atom is 0.139 e. The van der Waals surface area contributed by atoms with Crippen LogP contribution in [0, 0.1) is 0 Å². The monoisotopic (exact) mass is 244 g/mol. The predicted molar refractivity (Wildman–Crippen MR) is 65.4 cm³/mol. The van der Waals surface area contributed by atoms with Crippen molar-refractivity contribution in [3.05, 3.63) is 12.2 Å². The van der Waals surface area contributed by atoms with Crippen molar-refractivity contribution in [2.24, 2.45) is 5.73 Å². The van der Waals surface area contributed by atoms with Crippen molar-refractivity contribution >= 4 is 10.8 Å². The minimum atomic E-state index is -0.900. The fourth-order valence-corrected chi connectivity index (χ4v) is 2.62. The molecule has 0 saturated heterocycles. The van der Waals surface area contributed by atoms with E-state index in [2.05, 4.69) is 10.1 Å². The van der Waals surface area contributed by atoms with Gasteiger partial charge in [-0.2, -0.15) is 5.10 Å². The highest BCUT2D eigenvalue weighted by Gasteiger charge is 2.11. The first kappa shape index (κ1) is 13.3. The van der Waals surface area contributed by atoms with Crippen molar-refractivity contribution < 1.29 is 4.21 Å². The highest BCUT2D eigenvalue weighted by atomic mass is 32.2. The molecule has 0 radical (unpaired) electrons. The van der Waals surface area contributed by atoms with Crippen molar-refractivity contribution in [3.63, 3.8) is 0 Å². The van der Waals surface area contributed by atoms with E-state index < -0.39 is 10.8 Å². The first-order chi connectivity index (χ1) is 7.50. The van der Waals surface area contributed by atoms with Gasteiger partial charge in [0.2, 0.25) is 0 Å². The molecule has 92 valence electrons. The van der Waals surface area contributed by atoms with Gasteiger partial charge >= 0.3 is 0 Å². The first-order valence-corrected chi connectivity index (χ1v) is 6.98. The number of rotatable bonds is 6. The molecule has 5 nitrogen and oxygen atoms in total. The zero-order valence-electron chi connectivity index (χ0n) is 10.1. The second-order valence-corrected chi connectivity index (χ2v) is 5.85. The van der Waals surface area contributed by atoms with Crippen molar-refractivity contribution in [1.82, 2.24) is 14.8 Å². The zero-order valence-corrected chi connectivity index (χ0v) is 10.9. The Labute approximate surface area is 98.9 Å². The van der Waals surface area contributed by atoms with Crippen molar-refractivity contribution in [3.8, 4) is 0 Å². The summed E-state index contributed by atoms with van der Waals surface area (Å²) in [4.78, 5) is 4.13. The summed E-state index contributed by atoms with van der Waals surface area (Å²) in [5.41, 5.74) is 5.62. The van der Waals surface area contributed by atoms with Gasteiger partial charge in [0.1, 0.15) is 12.2 Å². The van der Waals surface area contributed by atoms with E-state index in [4.69, 9.17) is 5.73 Å². The quantitative estimate of drug-likeness (QED) is 0.805. The van der Waals surface area contributed by atoms with Gasteiger partial charge in [-0.1, -0.05) is 0 Å². The van der Waals surface area contributed by atoms with Gasteiger partial charge in [0, 0.05) is 28.6 Å². The van der Waals surface area contributed by atoms with E-state index in [9.17, 15) is 4.21 Å². The molecule has 0 amide bonds. The van der Waals surface area contributed by atoms with Crippen LogP contribution in [0.1, 0.15) is 39.1 Å². The van der Waals surface area contributed by atoms with E-state index in [-0.39, 0.29) is 12.1 Å². The maximum atomic E-state index is 11.8. The largest absolute Gasteiger partial charge is 0.328 e. The SMILES string of the molecule is CC(N)CCS(=O)Cc1ncnn1C(C)C. The molecule has 1 heterocycles. The van der Waals surface area contributed by atoms with Crippen molar-refractivity contribution in [1.29, 1.82) is 0 Å². The van der Waals surface area contributed by atoms with E-state index in [0.29, 0.717) is 11.5 Å². The molecular weight excluding hydrogens is 224 g/mol. The number of aromatic nitrogens is 3. The lowest BCUT2D eigenvalue weighted by atomic mass is 10.3. The Morgan fingerprint density at radius 2 is 2.19 bits per heavy atom. The molecule has 0 aliphatic heterocycles. The van der Waals surface area contributed by atoms with Crippen LogP contribution < -0.4 is 5.73 Å². The summed E-state index contributed by atoms with van der Waals surface area (Å²) >= 11 is 0. The Bertz CT molecular complexity index is 348. The third-order valence-electron chi connectivity index (χ3n) is 2.23. The summed E-state index contributed by atoms with van der Waals surface area (Å²) in [6.07, 6.45) is 2.29. The molecule has 0 spiro atoms. The molecule has 2 atom stereocenters. The van der Waals surface area contributed by atoms with Crippen LogP contribution in [0.15, 0.2) is 6.33 Å². The van der Waals surface area contributed by atoms with Gasteiger partial charge in [0.25, 0.3) is 0 Å². The lowest BCUT2D eigenvalue weighted by molar-refractivity contribution is 0.513. The van der Waals surface area contributed by atoms with Crippen LogP contribution in [-0.2, 0) is 16.6 Å². The van der Waals surface area contributed by atoms with Crippen molar-refractivity contribution in [2.45, 2.75) is 45.0 Å². The van der Waals surface area contributed by atoms with E-state index >= 15 is 0 Å². The molecule has 6 heteroatoms. The Balaban J connectivity index is 2.53. The number of hydrogen-bond donors (Lipinski definition) is 1. The van der Waals surface area contributed by atoms with Crippen LogP contribution in [-0.4, -0.2) is 30.8 Å². The normalized spacial score (nSPS) is 15.3. The van der Waals surface area contributed by atoms with Crippen LogP contribution in [0.4, 0.5) is 0 Å². The summed E-state index contributed by atoms with van der Waals surface area (Å²) in [6.45, 7) is 5.99. The highest BCUT2D eigenvalue weighted by molar-refractivity contribution is 7.84. The van der Waals surface area contributed by atoms with Gasteiger partial charge in [-0.05, 0) is 27.2 Å². The first-order valence-electron chi connectivity index (χ1n) is 5.49. The van der Waals surface area contributed by atoms with Gasteiger partial charge in [-0.25, -0.2) is 9.67 Å². The Morgan fingerprint density at radius 1 is 1.50 bits per heavy atom. The molecule has 1 aromatic rings. The van der Waals surface area contributed by atoms with E-state index in [1.807, 2.05) is 25.5 Å². The van der Waals surface area contributed by atoms with Crippen molar-refractivity contribution in [2.75, 3.05) is 5.75 Å². The number of hydrogen-bond acceptors (Lipinski definition) is 4. The fourth-order valence-electron chi connectivity index (χ4n) is 1.34. The molecule has 1 rings (SSSR count). The van der Waals surface area contributed by atoms with Crippen LogP contribution in [0.25, 0.3) is 0 Å². The van der Waals surface area contributed by atoms with Crippen LogP contribution in [0.2, 0.25) is 0 Å². The van der Waals surface area contributed by atoms with Crippen LogP contribution in [0.5, 0.6) is 0 Å². The van der Waals surface area contributed by atoms with E-state index in [0.717, 1.165) is 12.2 Å². The third kappa shape index (κ3) is 4.02. The minimum Gasteiger partial charge on any atom is -0.328 e. The van der Waals surface area contributed by atoms with Gasteiger partial charge in [0.05, 0.1) is 5.75 Å². The standard InChI is InChI=1S/C10H20N4OS/c1-8(2)14-10(12-7-13-14)6-16(15)5-4-9(3)11/h7-9H,4-6,11H2,1-3H3. The molecule has 2 unspecified atom stereocenters. The van der Waals surface area contributed by atoms with Crippen LogP contribution >= 0.6 is 0 Å². The lowest BCUT2D eigenvalue weighted by Crippen LogP contribution is -2.19. The molecule has 0 bridgehead atoms. The van der Waals surface area contributed by atoms with Gasteiger partial charge < -0.3 is 5.73 Å². The zero-order chi connectivity index (χ0) is 12.1. The van der Waals surface area contributed by atoms with Crippen LogP contribution in [0.3, 0.4) is 0 Å². The molecule has 2 N–H and O–H groups in total. The number of nitrogens with two attached hydrogens (primary N) is 1. The maximum absolute atomic E-state index is 11.8. The van der Waals surface area contributed by atoms with Gasteiger partial charge in [-0.15, -0.1) is 0 Å². The summed E-state index contributed by atoms with van der Waals surface area (Å²) in [6, 6.07) is 0.356. The molecule has 16 heavy (non-hydrogen) atoms. The summed E-state index contributed by atoms with van der Waals surface area (Å²) in [5.74, 6) is 1.88. The summed E-state index contributed by atoms with van der Waals surface area (Å²) < 4.78 is 13.6. The second-order valence-electron chi connectivity index (χ2n) is 4.27. The average molecular weight is 244 g/mol. The molecule has 0 fully saturated rings. The topological polar surface area (TPSA) is 73.8 Å². The molecule has 0 aromatic carbocycles. The average Bonchev–Trinajstić information content (AvgIpc) is 2.62. The highest BCUT2D eigenvalue weighted by Crippen LogP contribution is 2.08. The molecule has 0 aliphatic carbocycles. The Kier molecular flexibility index (Phi) is 5.08. The lowest BCUT2D eigenvalue weighted by Gasteiger charge is -2.09. The molecule has 0 aliphatic rings. The molecular formula is C10H20N4OS. The summed E-state index contributed by atoms with van der Waals surface area (Å²) in [5, 5.41) is 4.11. The third-order valence-corrected chi connectivity index (χ3v) is 3.50. The van der Waals surface area contributed by atoms with Gasteiger partial charge in [-0.3, -0.25) is 4.21 Å². The van der Waals surface area contributed by atoms with E-state index in [1.54, 1.807) is 0 Å². The predicted octanol–water partition coefficient (Wildman–Crippen LogP) is 0.845. The Morgan fingerprint density at radius 3 is 2.75 bits per heavy atom. The second kappa shape index (κ2) is 6.10. The molecule has 1 aromatic heterocycles. The van der Waals surface area contributed by atoms with E-state index in [1.165, 1.54) is 6.33 Å². The fraction of sp³-hybridized carbons (Fsp3) is 0.800. The number of nitrogens with zero attached hydrogens (tertiary/aromatic N) is 3. The minimum absolute atomic E-state index is 0.104. The Hall–Kier alpha value is -0.750.